The molecule has 114 valence electrons. The van der Waals surface area contributed by atoms with Gasteiger partial charge in [-0.25, -0.2) is 0 Å². The fraction of sp³-hybridized carbons (Fsp3) is 0.533. The van der Waals surface area contributed by atoms with Gasteiger partial charge in [-0.05, 0) is 26.7 Å². The molecular formula is C15H21N3O3. The molecule has 0 aliphatic carbocycles. The normalized spacial score (nSPS) is 19.2. The Balaban J connectivity index is 1.84. The number of aromatic nitrogens is 1. The number of ether oxygens (including phenoxy) is 1. The Morgan fingerprint density at radius 1 is 1.48 bits per heavy atom. The number of aryl methyl sites for hydroxylation is 2. The molecule has 2 atom stereocenters. The van der Waals surface area contributed by atoms with Gasteiger partial charge in [0.05, 0.1) is 6.04 Å². The molecule has 1 aliphatic heterocycles. The Hall–Kier alpha value is -1.95. The van der Waals surface area contributed by atoms with E-state index in [0.717, 1.165) is 17.8 Å². The van der Waals surface area contributed by atoms with Crippen LogP contribution in [0, 0.1) is 19.8 Å². The van der Waals surface area contributed by atoms with E-state index in [2.05, 4.69) is 10.3 Å². The first-order valence-corrected chi connectivity index (χ1v) is 7.10. The highest BCUT2D eigenvalue weighted by molar-refractivity contribution is 5.87. The highest BCUT2D eigenvalue weighted by Crippen LogP contribution is 2.17. The van der Waals surface area contributed by atoms with E-state index in [0.29, 0.717) is 18.7 Å². The number of hydrogen-bond donors (Lipinski definition) is 2. The van der Waals surface area contributed by atoms with E-state index in [1.165, 1.54) is 0 Å². The Kier molecular flexibility index (Phi) is 4.90. The molecule has 1 aromatic rings. The van der Waals surface area contributed by atoms with E-state index >= 15 is 0 Å². The number of pyridine rings is 1. The Bertz CT molecular complexity index is 525. The van der Waals surface area contributed by atoms with Gasteiger partial charge in [0.1, 0.15) is 12.4 Å². The van der Waals surface area contributed by atoms with E-state index in [1.54, 1.807) is 12.1 Å². The number of rotatable bonds is 6. The number of nitrogens with two attached hydrogens (primary N) is 1. The lowest BCUT2D eigenvalue weighted by Gasteiger charge is -2.14. The number of nitrogens with zero attached hydrogens (tertiary/aromatic N) is 1. The van der Waals surface area contributed by atoms with Crippen LogP contribution in [0.5, 0.6) is 5.75 Å². The number of ketones is 1. The third-order valence-electron chi connectivity index (χ3n) is 3.55. The van der Waals surface area contributed by atoms with Gasteiger partial charge in [-0.1, -0.05) is 0 Å². The highest BCUT2D eigenvalue weighted by Gasteiger charge is 2.28. The SMILES string of the molecule is Cc1cc(OCC(=O)C(N)CC2CCNC2=O)cc(C)n1. The van der Waals surface area contributed by atoms with Crippen molar-refractivity contribution >= 4 is 11.7 Å². The van der Waals surface area contributed by atoms with Gasteiger partial charge in [0.2, 0.25) is 5.91 Å². The largest absolute Gasteiger partial charge is 0.486 e. The van der Waals surface area contributed by atoms with E-state index in [9.17, 15) is 9.59 Å². The van der Waals surface area contributed by atoms with Crippen molar-refractivity contribution < 1.29 is 14.3 Å². The average molecular weight is 291 g/mol. The summed E-state index contributed by atoms with van der Waals surface area (Å²) in [6.07, 6.45) is 1.12. The Morgan fingerprint density at radius 3 is 2.71 bits per heavy atom. The molecule has 0 aromatic carbocycles. The minimum absolute atomic E-state index is 0.0143. The zero-order chi connectivity index (χ0) is 15.4. The molecule has 1 fully saturated rings. The molecule has 3 N–H and O–H groups in total. The number of hydrogen-bond acceptors (Lipinski definition) is 5. The second-order valence-electron chi connectivity index (χ2n) is 5.46. The van der Waals surface area contributed by atoms with Crippen molar-refractivity contribution in [2.24, 2.45) is 11.7 Å². The second-order valence-corrected chi connectivity index (χ2v) is 5.46. The van der Waals surface area contributed by atoms with E-state index in [1.807, 2.05) is 13.8 Å². The van der Waals surface area contributed by atoms with Gasteiger partial charge < -0.3 is 15.8 Å². The molecule has 6 heteroatoms. The molecule has 21 heavy (non-hydrogen) atoms. The van der Waals surface area contributed by atoms with Crippen molar-refractivity contribution in [3.05, 3.63) is 23.5 Å². The molecule has 6 nitrogen and oxygen atoms in total. The quantitative estimate of drug-likeness (QED) is 0.796. The predicted octanol–water partition coefficient (Wildman–Crippen LogP) is 0.500. The molecule has 0 spiro atoms. The van der Waals surface area contributed by atoms with Gasteiger partial charge in [-0.15, -0.1) is 0 Å². The molecule has 2 heterocycles. The number of nitrogens with one attached hydrogen (secondary N) is 1. The zero-order valence-corrected chi connectivity index (χ0v) is 12.4. The smallest absolute Gasteiger partial charge is 0.223 e. The third-order valence-corrected chi connectivity index (χ3v) is 3.55. The summed E-state index contributed by atoms with van der Waals surface area (Å²) in [5, 5.41) is 2.74. The van der Waals surface area contributed by atoms with Crippen molar-refractivity contribution in [1.82, 2.24) is 10.3 Å². The minimum atomic E-state index is -0.664. The minimum Gasteiger partial charge on any atom is -0.486 e. The van der Waals surface area contributed by atoms with Crippen LogP contribution in [0.2, 0.25) is 0 Å². The molecule has 0 radical (unpaired) electrons. The summed E-state index contributed by atoms with van der Waals surface area (Å²) in [7, 11) is 0. The fourth-order valence-corrected chi connectivity index (χ4v) is 2.45. The molecule has 1 aromatic heterocycles. The monoisotopic (exact) mass is 291 g/mol. The molecule has 1 aliphatic rings. The van der Waals surface area contributed by atoms with Crippen LogP contribution in [-0.4, -0.2) is 35.9 Å². The maximum Gasteiger partial charge on any atom is 0.223 e. The van der Waals surface area contributed by atoms with Crippen molar-refractivity contribution in [2.45, 2.75) is 32.7 Å². The number of amides is 1. The summed E-state index contributed by atoms with van der Waals surface area (Å²) in [5.41, 5.74) is 7.54. The van der Waals surface area contributed by atoms with Crippen LogP contribution in [-0.2, 0) is 9.59 Å². The summed E-state index contributed by atoms with van der Waals surface area (Å²) in [4.78, 5) is 27.7. The molecule has 2 unspecified atom stereocenters. The summed E-state index contributed by atoms with van der Waals surface area (Å²) in [5.74, 6) is 0.245. The standard InChI is InChI=1S/C15H21N3O3/c1-9-5-12(6-10(2)18-9)21-8-14(19)13(16)7-11-3-4-17-15(11)20/h5-6,11,13H,3-4,7-8,16H2,1-2H3,(H,17,20). The maximum absolute atomic E-state index is 12.0. The topological polar surface area (TPSA) is 94.3 Å². The van der Waals surface area contributed by atoms with Gasteiger partial charge in [-0.3, -0.25) is 14.6 Å². The van der Waals surface area contributed by atoms with E-state index in [4.69, 9.17) is 10.5 Å². The average Bonchev–Trinajstić information content (AvgIpc) is 2.80. The van der Waals surface area contributed by atoms with Crippen LogP contribution in [0.1, 0.15) is 24.2 Å². The number of carbonyl (C=O) groups excluding carboxylic acids is 2. The van der Waals surface area contributed by atoms with Crippen LogP contribution in [0.3, 0.4) is 0 Å². The van der Waals surface area contributed by atoms with Crippen molar-refractivity contribution in [3.63, 3.8) is 0 Å². The number of carbonyl (C=O) groups is 2. The summed E-state index contributed by atoms with van der Waals surface area (Å²) in [6.45, 7) is 4.31. The van der Waals surface area contributed by atoms with Crippen molar-refractivity contribution in [1.29, 1.82) is 0 Å². The first-order valence-electron chi connectivity index (χ1n) is 7.10. The second kappa shape index (κ2) is 6.67. The van der Waals surface area contributed by atoms with Gasteiger partial charge in [-0.2, -0.15) is 0 Å². The van der Waals surface area contributed by atoms with Crippen LogP contribution in [0.25, 0.3) is 0 Å². The van der Waals surface area contributed by atoms with E-state index in [-0.39, 0.29) is 24.2 Å². The van der Waals surface area contributed by atoms with Crippen LogP contribution >= 0.6 is 0 Å². The van der Waals surface area contributed by atoms with Gasteiger partial charge >= 0.3 is 0 Å². The van der Waals surface area contributed by atoms with Crippen LogP contribution in [0.15, 0.2) is 12.1 Å². The van der Waals surface area contributed by atoms with Crippen LogP contribution in [0.4, 0.5) is 0 Å². The van der Waals surface area contributed by atoms with Gasteiger partial charge in [0, 0.05) is 36.0 Å². The first kappa shape index (κ1) is 15.4. The Morgan fingerprint density at radius 2 is 2.14 bits per heavy atom. The Labute approximate surface area is 124 Å². The molecule has 1 saturated heterocycles. The lowest BCUT2D eigenvalue weighted by molar-refractivity contribution is -0.124. The third kappa shape index (κ3) is 4.26. The summed E-state index contributed by atoms with van der Waals surface area (Å²) < 4.78 is 5.47. The lowest BCUT2D eigenvalue weighted by atomic mass is 9.97. The highest BCUT2D eigenvalue weighted by atomic mass is 16.5. The van der Waals surface area contributed by atoms with E-state index < -0.39 is 6.04 Å². The molecule has 0 saturated carbocycles. The summed E-state index contributed by atoms with van der Waals surface area (Å²) >= 11 is 0. The zero-order valence-electron chi connectivity index (χ0n) is 12.4. The number of Topliss-reactive ketones (excluding diaryl/α,β-unsaturated/α-hetero) is 1. The summed E-state index contributed by atoms with van der Waals surface area (Å²) in [6, 6.07) is 2.88. The van der Waals surface area contributed by atoms with Gasteiger partial charge in [0.25, 0.3) is 0 Å². The van der Waals surface area contributed by atoms with Gasteiger partial charge in [0.15, 0.2) is 5.78 Å². The van der Waals surface area contributed by atoms with Crippen molar-refractivity contribution in [3.8, 4) is 5.75 Å². The molecule has 1 amide bonds. The fourth-order valence-electron chi connectivity index (χ4n) is 2.45. The van der Waals surface area contributed by atoms with Crippen molar-refractivity contribution in [2.75, 3.05) is 13.2 Å². The molecule has 0 bridgehead atoms. The lowest BCUT2D eigenvalue weighted by Crippen LogP contribution is -2.37. The first-order chi connectivity index (χ1) is 9.95. The molecular weight excluding hydrogens is 270 g/mol. The maximum atomic E-state index is 12.0. The predicted molar refractivity (Wildman–Crippen MR) is 77.9 cm³/mol. The molecule has 2 rings (SSSR count). The van der Waals surface area contributed by atoms with Crippen LogP contribution < -0.4 is 15.8 Å².